The van der Waals surface area contributed by atoms with Crippen molar-refractivity contribution in [2.45, 2.75) is 52.0 Å². The standard InChI is InChI=1S/C23H30N6OS2/c1-14(2)21-26-15(3)12-18(27-21)28-7-9-29(10-8-28)19(30)6-11-31-22-20-16(4)17(5)32-23(20)25-13-24-22/h12-14H,6-11H2,1-5H3. The van der Waals surface area contributed by atoms with E-state index in [1.165, 1.54) is 10.4 Å². The minimum atomic E-state index is 0.211. The molecule has 170 valence electrons. The summed E-state index contributed by atoms with van der Waals surface area (Å²) in [6, 6.07) is 2.04. The van der Waals surface area contributed by atoms with Crippen LogP contribution in [0.25, 0.3) is 10.2 Å². The van der Waals surface area contributed by atoms with Crippen molar-refractivity contribution < 1.29 is 4.79 Å². The van der Waals surface area contributed by atoms with Gasteiger partial charge in [-0.1, -0.05) is 13.8 Å². The molecule has 7 nitrogen and oxygen atoms in total. The lowest BCUT2D eigenvalue weighted by Crippen LogP contribution is -2.49. The number of aryl methyl sites for hydroxylation is 3. The Bertz CT molecular complexity index is 1120. The normalized spacial score (nSPS) is 14.6. The molecule has 1 aliphatic rings. The SMILES string of the molecule is Cc1cc(N2CCN(C(=O)CCSc3ncnc4sc(C)c(C)c34)CC2)nc(C(C)C)n1. The van der Waals surface area contributed by atoms with Crippen LogP contribution in [0.3, 0.4) is 0 Å². The molecular formula is C23H30N6OS2. The number of rotatable bonds is 6. The monoisotopic (exact) mass is 470 g/mol. The van der Waals surface area contributed by atoms with E-state index in [1.54, 1.807) is 29.4 Å². The molecule has 0 saturated carbocycles. The highest BCUT2D eigenvalue weighted by Crippen LogP contribution is 2.34. The van der Waals surface area contributed by atoms with Gasteiger partial charge in [-0.3, -0.25) is 4.79 Å². The van der Waals surface area contributed by atoms with Crippen molar-refractivity contribution >= 4 is 45.0 Å². The molecule has 3 aromatic heterocycles. The summed E-state index contributed by atoms with van der Waals surface area (Å²) >= 11 is 3.36. The van der Waals surface area contributed by atoms with E-state index in [-0.39, 0.29) is 5.91 Å². The zero-order valence-corrected chi connectivity index (χ0v) is 21.0. The largest absolute Gasteiger partial charge is 0.353 e. The molecule has 0 bridgehead atoms. The first-order chi connectivity index (χ1) is 15.3. The number of amides is 1. The van der Waals surface area contributed by atoms with Crippen LogP contribution in [0, 0.1) is 20.8 Å². The van der Waals surface area contributed by atoms with Crippen molar-refractivity contribution in [1.29, 1.82) is 0 Å². The number of thioether (sulfide) groups is 1. The van der Waals surface area contributed by atoms with Crippen molar-refractivity contribution in [1.82, 2.24) is 24.8 Å². The zero-order chi connectivity index (χ0) is 22.8. The van der Waals surface area contributed by atoms with Crippen LogP contribution in [0.2, 0.25) is 0 Å². The van der Waals surface area contributed by atoms with Crippen LogP contribution in [-0.2, 0) is 4.79 Å². The molecule has 9 heteroatoms. The summed E-state index contributed by atoms with van der Waals surface area (Å²) in [5.41, 5.74) is 2.24. The molecule has 1 aliphatic heterocycles. The first-order valence-electron chi connectivity index (χ1n) is 11.0. The smallest absolute Gasteiger partial charge is 0.223 e. The molecule has 4 rings (SSSR count). The van der Waals surface area contributed by atoms with Gasteiger partial charge in [0.05, 0.1) is 0 Å². The van der Waals surface area contributed by atoms with Crippen molar-refractivity contribution in [3.63, 3.8) is 0 Å². The second-order valence-corrected chi connectivity index (χ2v) is 10.8. The molecule has 0 aromatic carbocycles. The van der Waals surface area contributed by atoms with Crippen LogP contribution < -0.4 is 4.90 Å². The van der Waals surface area contributed by atoms with E-state index in [9.17, 15) is 4.79 Å². The average Bonchev–Trinajstić information content (AvgIpc) is 3.07. The zero-order valence-electron chi connectivity index (χ0n) is 19.4. The Morgan fingerprint density at radius 3 is 2.59 bits per heavy atom. The number of hydrogen-bond donors (Lipinski definition) is 0. The summed E-state index contributed by atoms with van der Waals surface area (Å²) < 4.78 is 0. The number of anilines is 1. The van der Waals surface area contributed by atoms with Crippen LogP contribution in [0.5, 0.6) is 0 Å². The van der Waals surface area contributed by atoms with Crippen molar-refractivity contribution in [3.8, 4) is 0 Å². The fourth-order valence-electron chi connectivity index (χ4n) is 3.83. The predicted octanol–water partition coefficient (Wildman–Crippen LogP) is 4.36. The first kappa shape index (κ1) is 22.9. The Morgan fingerprint density at radius 1 is 1.12 bits per heavy atom. The van der Waals surface area contributed by atoms with E-state index in [4.69, 9.17) is 4.98 Å². The van der Waals surface area contributed by atoms with Gasteiger partial charge in [-0.05, 0) is 26.3 Å². The third-order valence-electron chi connectivity index (χ3n) is 5.82. The molecule has 1 amide bonds. The quantitative estimate of drug-likeness (QED) is 0.391. The second kappa shape index (κ2) is 9.70. The molecule has 0 spiro atoms. The lowest BCUT2D eigenvalue weighted by atomic mass is 10.2. The van der Waals surface area contributed by atoms with Gasteiger partial charge in [-0.2, -0.15) is 0 Å². The number of piperazine rings is 1. The number of fused-ring (bicyclic) bond motifs is 1. The van der Waals surface area contributed by atoms with E-state index in [1.807, 2.05) is 17.9 Å². The molecule has 4 heterocycles. The van der Waals surface area contributed by atoms with Crippen LogP contribution in [0.1, 0.15) is 48.1 Å². The first-order valence-corrected chi connectivity index (χ1v) is 12.9. The molecule has 0 radical (unpaired) electrons. The minimum absolute atomic E-state index is 0.211. The summed E-state index contributed by atoms with van der Waals surface area (Å²) in [6.45, 7) is 13.5. The van der Waals surface area contributed by atoms with Gasteiger partial charge in [-0.25, -0.2) is 19.9 Å². The van der Waals surface area contributed by atoms with E-state index in [0.29, 0.717) is 12.3 Å². The minimum Gasteiger partial charge on any atom is -0.353 e. The van der Waals surface area contributed by atoms with Gasteiger partial charge >= 0.3 is 0 Å². The summed E-state index contributed by atoms with van der Waals surface area (Å²) in [7, 11) is 0. The molecule has 32 heavy (non-hydrogen) atoms. The summed E-state index contributed by atoms with van der Waals surface area (Å²) in [6.07, 6.45) is 2.14. The maximum Gasteiger partial charge on any atom is 0.223 e. The molecule has 0 N–H and O–H groups in total. The molecule has 0 unspecified atom stereocenters. The number of carbonyl (C=O) groups excluding carboxylic acids is 1. The molecule has 0 atom stereocenters. The van der Waals surface area contributed by atoms with Crippen LogP contribution in [0.15, 0.2) is 17.4 Å². The van der Waals surface area contributed by atoms with Crippen LogP contribution in [-0.4, -0.2) is 62.7 Å². The van der Waals surface area contributed by atoms with Gasteiger partial charge in [0.2, 0.25) is 5.91 Å². The van der Waals surface area contributed by atoms with E-state index in [0.717, 1.165) is 64.5 Å². The van der Waals surface area contributed by atoms with Crippen LogP contribution >= 0.6 is 23.1 Å². The second-order valence-electron chi connectivity index (χ2n) is 8.49. The fourth-order valence-corrected chi connectivity index (χ4v) is 5.88. The maximum absolute atomic E-state index is 12.8. The number of thiophene rings is 1. The lowest BCUT2D eigenvalue weighted by Gasteiger charge is -2.35. The number of nitrogens with zero attached hydrogens (tertiary/aromatic N) is 6. The molecular weight excluding hydrogens is 440 g/mol. The van der Waals surface area contributed by atoms with E-state index < -0.39 is 0 Å². The summed E-state index contributed by atoms with van der Waals surface area (Å²) in [5, 5.41) is 2.12. The third-order valence-corrected chi connectivity index (χ3v) is 7.92. The summed E-state index contributed by atoms with van der Waals surface area (Å²) in [5.74, 6) is 3.08. The molecule has 1 saturated heterocycles. The Labute approximate surface area is 197 Å². The number of hydrogen-bond acceptors (Lipinski definition) is 8. The lowest BCUT2D eigenvalue weighted by molar-refractivity contribution is -0.131. The topological polar surface area (TPSA) is 75.1 Å². The summed E-state index contributed by atoms with van der Waals surface area (Å²) in [4.78, 5) is 37.5. The van der Waals surface area contributed by atoms with Gasteiger partial charge < -0.3 is 9.80 Å². The number of carbonyl (C=O) groups is 1. The van der Waals surface area contributed by atoms with Gasteiger partial charge in [0.1, 0.15) is 27.8 Å². The highest BCUT2D eigenvalue weighted by Gasteiger charge is 2.23. The maximum atomic E-state index is 12.8. The van der Waals surface area contributed by atoms with Gasteiger partial charge in [0.15, 0.2) is 0 Å². The Hall–Kier alpha value is -2.26. The Kier molecular flexibility index (Phi) is 6.95. The van der Waals surface area contributed by atoms with Crippen molar-refractivity contribution in [2.24, 2.45) is 0 Å². The van der Waals surface area contributed by atoms with Gasteiger partial charge in [-0.15, -0.1) is 23.1 Å². The highest BCUT2D eigenvalue weighted by atomic mass is 32.2. The van der Waals surface area contributed by atoms with Gasteiger partial charge in [0, 0.05) is 66.3 Å². The predicted molar refractivity (Wildman–Crippen MR) is 132 cm³/mol. The third kappa shape index (κ3) is 4.88. The molecule has 3 aromatic rings. The Morgan fingerprint density at radius 2 is 1.88 bits per heavy atom. The average molecular weight is 471 g/mol. The molecule has 0 aliphatic carbocycles. The molecule has 1 fully saturated rings. The van der Waals surface area contributed by atoms with Crippen LogP contribution in [0.4, 0.5) is 5.82 Å². The Balaban J connectivity index is 1.31. The van der Waals surface area contributed by atoms with E-state index >= 15 is 0 Å². The van der Waals surface area contributed by atoms with Crippen molar-refractivity contribution in [2.75, 3.05) is 36.8 Å². The van der Waals surface area contributed by atoms with Crippen molar-refractivity contribution in [3.05, 3.63) is 34.4 Å². The fraction of sp³-hybridized carbons (Fsp3) is 0.522. The van der Waals surface area contributed by atoms with E-state index in [2.05, 4.69) is 47.5 Å². The van der Waals surface area contributed by atoms with Gasteiger partial charge in [0.25, 0.3) is 0 Å². The highest BCUT2D eigenvalue weighted by molar-refractivity contribution is 7.99. The number of aromatic nitrogens is 4.